The van der Waals surface area contributed by atoms with Crippen LogP contribution in [0.1, 0.15) is 20.8 Å². The molecule has 0 heterocycles. The van der Waals surface area contributed by atoms with E-state index in [0.717, 1.165) is 27.6 Å². The van der Waals surface area contributed by atoms with Gasteiger partial charge in [0.2, 0.25) is 0 Å². The predicted molar refractivity (Wildman–Crippen MR) is 106 cm³/mol. The van der Waals surface area contributed by atoms with Crippen molar-refractivity contribution in [3.8, 4) is 0 Å². The first-order chi connectivity index (χ1) is 9.85. The lowest BCUT2D eigenvalue weighted by molar-refractivity contribution is 0.0636. The SMILES string of the molecule is CC(C)(C)OC(=O)Nc1ccc(N(CCI)CCI)cc1. The van der Waals surface area contributed by atoms with Gasteiger partial charge in [-0.15, -0.1) is 0 Å². The Kier molecular flexibility index (Phi) is 8.07. The van der Waals surface area contributed by atoms with E-state index in [-0.39, 0.29) is 0 Å². The third-order valence-corrected chi connectivity index (χ3v) is 3.55. The zero-order valence-corrected chi connectivity index (χ0v) is 17.0. The molecule has 21 heavy (non-hydrogen) atoms. The van der Waals surface area contributed by atoms with Crippen molar-refractivity contribution in [2.75, 3.05) is 32.2 Å². The zero-order chi connectivity index (χ0) is 15.9. The van der Waals surface area contributed by atoms with Crippen molar-refractivity contribution in [3.05, 3.63) is 24.3 Å². The Morgan fingerprint density at radius 2 is 1.67 bits per heavy atom. The Bertz CT molecular complexity index is 438. The van der Waals surface area contributed by atoms with Crippen LogP contribution < -0.4 is 10.2 Å². The normalized spacial score (nSPS) is 11.1. The van der Waals surface area contributed by atoms with Crippen molar-refractivity contribution in [3.63, 3.8) is 0 Å². The summed E-state index contributed by atoms with van der Waals surface area (Å²) in [6.07, 6.45) is -0.424. The molecule has 0 spiro atoms. The van der Waals surface area contributed by atoms with Gasteiger partial charge in [0.15, 0.2) is 0 Å². The Labute approximate surface area is 154 Å². The standard InChI is InChI=1S/C15H22I2N2O2/c1-15(2,3)21-14(20)18-12-4-6-13(7-5-12)19(10-8-16)11-9-17/h4-7H,8-11H2,1-3H3,(H,18,20). The fraction of sp³-hybridized carbons (Fsp3) is 0.533. The number of hydrogen-bond acceptors (Lipinski definition) is 3. The largest absolute Gasteiger partial charge is 0.444 e. The van der Waals surface area contributed by atoms with Crippen LogP contribution in [0.5, 0.6) is 0 Å². The highest BCUT2D eigenvalue weighted by Gasteiger charge is 2.16. The lowest BCUT2D eigenvalue weighted by Crippen LogP contribution is -2.28. The summed E-state index contributed by atoms with van der Waals surface area (Å²) in [5.74, 6) is 0. The number of carbonyl (C=O) groups excluding carboxylic acids is 1. The highest BCUT2D eigenvalue weighted by Crippen LogP contribution is 2.19. The van der Waals surface area contributed by atoms with Gasteiger partial charge in [0.05, 0.1) is 0 Å². The van der Waals surface area contributed by atoms with Gasteiger partial charge in [-0.2, -0.15) is 0 Å². The van der Waals surface area contributed by atoms with E-state index >= 15 is 0 Å². The number of carbonyl (C=O) groups is 1. The summed E-state index contributed by atoms with van der Waals surface area (Å²) in [6.45, 7) is 7.61. The highest BCUT2D eigenvalue weighted by atomic mass is 127. The molecular formula is C15H22I2N2O2. The van der Waals surface area contributed by atoms with Crippen LogP contribution in [-0.4, -0.2) is 33.6 Å². The third-order valence-electron chi connectivity index (χ3n) is 2.59. The van der Waals surface area contributed by atoms with Crippen LogP contribution in [0.2, 0.25) is 0 Å². The summed E-state index contributed by atoms with van der Waals surface area (Å²) < 4.78 is 7.41. The lowest BCUT2D eigenvalue weighted by Gasteiger charge is -2.23. The second kappa shape index (κ2) is 9.02. The molecular weight excluding hydrogens is 494 g/mol. The van der Waals surface area contributed by atoms with E-state index in [1.807, 2.05) is 45.0 Å². The van der Waals surface area contributed by atoms with Gasteiger partial charge in [-0.3, -0.25) is 5.32 Å². The molecule has 1 N–H and O–H groups in total. The monoisotopic (exact) mass is 516 g/mol. The lowest BCUT2D eigenvalue weighted by atomic mass is 10.2. The molecule has 6 heteroatoms. The van der Waals surface area contributed by atoms with Gasteiger partial charge < -0.3 is 9.64 Å². The molecule has 4 nitrogen and oxygen atoms in total. The molecule has 0 bridgehead atoms. The average molecular weight is 516 g/mol. The van der Waals surface area contributed by atoms with E-state index in [9.17, 15) is 4.79 Å². The minimum atomic E-state index is -0.485. The van der Waals surface area contributed by atoms with Gasteiger partial charge in [-0.25, -0.2) is 4.79 Å². The van der Waals surface area contributed by atoms with Crippen molar-refractivity contribution < 1.29 is 9.53 Å². The number of alkyl halides is 2. The van der Waals surface area contributed by atoms with Crippen molar-refractivity contribution in [2.45, 2.75) is 26.4 Å². The Hall–Kier alpha value is -0.250. The van der Waals surface area contributed by atoms with Crippen LogP contribution in [0.15, 0.2) is 24.3 Å². The highest BCUT2D eigenvalue weighted by molar-refractivity contribution is 14.1. The molecule has 0 aromatic heterocycles. The maximum absolute atomic E-state index is 11.7. The number of rotatable bonds is 6. The number of nitrogens with one attached hydrogen (secondary N) is 1. The first-order valence-corrected chi connectivity index (χ1v) is 9.88. The molecule has 1 aromatic rings. The van der Waals surface area contributed by atoms with Crippen molar-refractivity contribution in [2.24, 2.45) is 0 Å². The fourth-order valence-corrected chi connectivity index (χ4v) is 2.92. The van der Waals surface area contributed by atoms with Gasteiger partial charge in [0.25, 0.3) is 0 Å². The molecule has 1 aromatic carbocycles. The summed E-state index contributed by atoms with van der Waals surface area (Å²) >= 11 is 4.77. The van der Waals surface area contributed by atoms with Gasteiger partial charge in [-0.05, 0) is 45.0 Å². The maximum Gasteiger partial charge on any atom is 0.412 e. The van der Waals surface area contributed by atoms with Crippen molar-refractivity contribution >= 4 is 62.6 Å². The van der Waals surface area contributed by atoms with Crippen LogP contribution in [0.25, 0.3) is 0 Å². The first-order valence-electron chi connectivity index (χ1n) is 6.82. The van der Waals surface area contributed by atoms with Crippen LogP contribution in [0.4, 0.5) is 16.2 Å². The Morgan fingerprint density at radius 3 is 2.10 bits per heavy atom. The van der Waals surface area contributed by atoms with Gasteiger partial charge >= 0.3 is 6.09 Å². The number of anilines is 2. The number of benzene rings is 1. The van der Waals surface area contributed by atoms with Crippen LogP contribution >= 0.6 is 45.2 Å². The zero-order valence-electron chi connectivity index (χ0n) is 12.7. The van der Waals surface area contributed by atoms with Crippen molar-refractivity contribution in [1.29, 1.82) is 0 Å². The third kappa shape index (κ3) is 7.53. The smallest absolute Gasteiger partial charge is 0.412 e. The Balaban J connectivity index is 2.66. The topological polar surface area (TPSA) is 41.6 Å². The summed E-state index contributed by atoms with van der Waals surface area (Å²) in [5, 5.41) is 2.75. The number of ether oxygens (including phenoxy) is 1. The van der Waals surface area contributed by atoms with E-state index < -0.39 is 11.7 Å². The minimum absolute atomic E-state index is 0.424. The molecule has 0 aliphatic rings. The van der Waals surface area contributed by atoms with Crippen LogP contribution in [0.3, 0.4) is 0 Å². The summed E-state index contributed by atoms with van der Waals surface area (Å²) in [5.41, 5.74) is 1.44. The van der Waals surface area contributed by atoms with Crippen molar-refractivity contribution in [1.82, 2.24) is 0 Å². The molecule has 0 saturated heterocycles. The predicted octanol–water partition coefficient (Wildman–Crippen LogP) is 4.71. The van der Waals surface area contributed by atoms with E-state index in [2.05, 4.69) is 55.4 Å². The molecule has 0 aliphatic carbocycles. The van der Waals surface area contributed by atoms with E-state index in [0.29, 0.717) is 0 Å². The molecule has 0 unspecified atom stereocenters. The first kappa shape index (κ1) is 18.8. The van der Waals surface area contributed by atoms with Crippen LogP contribution in [0, 0.1) is 0 Å². The molecule has 118 valence electrons. The maximum atomic E-state index is 11.7. The summed E-state index contributed by atoms with van der Waals surface area (Å²) in [6, 6.07) is 7.88. The molecule has 0 saturated carbocycles. The molecule has 0 radical (unpaired) electrons. The molecule has 1 rings (SSSR count). The van der Waals surface area contributed by atoms with Crippen LogP contribution in [-0.2, 0) is 4.74 Å². The number of nitrogens with zero attached hydrogens (tertiary/aromatic N) is 1. The second-order valence-electron chi connectivity index (χ2n) is 5.54. The van der Waals surface area contributed by atoms with E-state index in [4.69, 9.17) is 4.74 Å². The number of halogens is 2. The summed E-state index contributed by atoms with van der Waals surface area (Å²) in [4.78, 5) is 14.0. The fourth-order valence-electron chi connectivity index (χ4n) is 1.75. The molecule has 0 fully saturated rings. The number of hydrogen-bond donors (Lipinski definition) is 1. The number of amides is 1. The average Bonchev–Trinajstić information content (AvgIpc) is 2.37. The second-order valence-corrected chi connectivity index (χ2v) is 7.70. The molecule has 0 aliphatic heterocycles. The quantitative estimate of drug-likeness (QED) is 0.440. The van der Waals surface area contributed by atoms with Gasteiger partial charge in [-0.1, -0.05) is 45.2 Å². The van der Waals surface area contributed by atoms with E-state index in [1.54, 1.807) is 0 Å². The molecule has 0 atom stereocenters. The van der Waals surface area contributed by atoms with Gasteiger partial charge in [0, 0.05) is 33.3 Å². The summed E-state index contributed by atoms with van der Waals surface area (Å²) in [7, 11) is 0. The van der Waals surface area contributed by atoms with E-state index in [1.165, 1.54) is 5.69 Å². The van der Waals surface area contributed by atoms with Gasteiger partial charge in [0.1, 0.15) is 5.60 Å². The Morgan fingerprint density at radius 1 is 1.14 bits per heavy atom. The minimum Gasteiger partial charge on any atom is -0.444 e. The molecule has 1 amide bonds.